The Kier molecular flexibility index (Phi) is 7.30. The molecule has 0 fully saturated rings. The third kappa shape index (κ3) is 5.64. The number of halogens is 4. The molecule has 0 N–H and O–H groups in total. The molecule has 1 aromatic heterocycles. The first-order valence-corrected chi connectivity index (χ1v) is 11.2. The quantitative estimate of drug-likeness (QED) is 0.241. The van der Waals surface area contributed by atoms with Gasteiger partial charge in [0.1, 0.15) is 5.75 Å². The Hall–Kier alpha value is -4.18. The van der Waals surface area contributed by atoms with Gasteiger partial charge in [-0.15, -0.1) is 0 Å². The van der Waals surface area contributed by atoms with E-state index < -0.39 is 29.4 Å². The molecular weight excluding hydrogens is 511 g/mol. The maximum atomic E-state index is 13.4. The molecule has 0 amide bonds. The van der Waals surface area contributed by atoms with E-state index in [9.17, 15) is 22.8 Å². The summed E-state index contributed by atoms with van der Waals surface area (Å²) in [6, 6.07) is 15.4. The molecule has 190 valence electrons. The number of carbonyl (C=O) groups excluding carboxylic acids is 1. The van der Waals surface area contributed by atoms with Crippen LogP contribution in [0.1, 0.15) is 18.1 Å². The number of ether oxygens (including phenoxy) is 2. The summed E-state index contributed by atoms with van der Waals surface area (Å²) in [5.74, 6) is -0.494. The SMILES string of the molecule is COC(=O)[C@H](C)Oc1ccc(Cl)cc1C=Nn1c(-c2cccc(C(F)(F)F)c2)nc2ccccc2c1=O. The summed E-state index contributed by atoms with van der Waals surface area (Å²) < 4.78 is 51.4. The van der Waals surface area contributed by atoms with Crippen molar-refractivity contribution in [3.05, 3.63) is 93.2 Å². The van der Waals surface area contributed by atoms with Gasteiger partial charge in [-0.2, -0.15) is 22.9 Å². The molecule has 0 unspecified atom stereocenters. The first kappa shape index (κ1) is 25.9. The second kappa shape index (κ2) is 10.4. The van der Waals surface area contributed by atoms with Crippen molar-refractivity contribution in [2.75, 3.05) is 7.11 Å². The third-order valence-electron chi connectivity index (χ3n) is 5.32. The van der Waals surface area contributed by atoms with Crippen LogP contribution in [0.4, 0.5) is 13.2 Å². The van der Waals surface area contributed by atoms with Gasteiger partial charge in [-0.25, -0.2) is 9.78 Å². The van der Waals surface area contributed by atoms with Crippen LogP contribution in [-0.2, 0) is 15.7 Å². The zero-order valence-electron chi connectivity index (χ0n) is 19.5. The molecule has 0 radical (unpaired) electrons. The second-order valence-electron chi connectivity index (χ2n) is 7.86. The molecule has 0 aliphatic heterocycles. The van der Waals surface area contributed by atoms with Crippen molar-refractivity contribution >= 4 is 34.7 Å². The predicted molar refractivity (Wildman–Crippen MR) is 133 cm³/mol. The van der Waals surface area contributed by atoms with Crippen LogP contribution in [-0.4, -0.2) is 35.1 Å². The third-order valence-corrected chi connectivity index (χ3v) is 5.56. The summed E-state index contributed by atoms with van der Waals surface area (Å²) in [5.41, 5.74) is -0.855. The van der Waals surface area contributed by atoms with Crippen molar-refractivity contribution in [1.29, 1.82) is 0 Å². The summed E-state index contributed by atoms with van der Waals surface area (Å²) in [4.78, 5) is 29.6. The number of carbonyl (C=O) groups is 1. The molecule has 0 saturated heterocycles. The van der Waals surface area contributed by atoms with E-state index >= 15 is 0 Å². The number of fused-ring (bicyclic) bond motifs is 1. The molecule has 0 aliphatic rings. The van der Waals surface area contributed by atoms with Gasteiger partial charge in [0, 0.05) is 16.1 Å². The maximum Gasteiger partial charge on any atom is 0.416 e. The normalized spacial score (nSPS) is 12.6. The van der Waals surface area contributed by atoms with Crippen LogP contribution in [0.5, 0.6) is 5.75 Å². The van der Waals surface area contributed by atoms with Gasteiger partial charge in [0.05, 0.1) is 29.8 Å². The Balaban J connectivity index is 1.88. The van der Waals surface area contributed by atoms with Gasteiger partial charge in [-0.3, -0.25) is 4.79 Å². The minimum absolute atomic E-state index is 0.0386. The molecule has 0 saturated carbocycles. The summed E-state index contributed by atoms with van der Waals surface area (Å²) in [6.07, 6.45) is -4.30. The average Bonchev–Trinajstić information content (AvgIpc) is 2.88. The van der Waals surface area contributed by atoms with Crippen LogP contribution in [0.3, 0.4) is 0 Å². The fraction of sp³-hybridized carbons (Fsp3) is 0.154. The minimum Gasteiger partial charge on any atom is -0.478 e. The number of hydrogen-bond acceptors (Lipinski definition) is 6. The zero-order valence-corrected chi connectivity index (χ0v) is 20.2. The standard InChI is InChI=1S/C26H19ClF3N3O4/c1-15(25(35)36-2)37-22-11-10-19(27)13-17(22)14-31-33-23(16-6-5-7-18(12-16)26(28,29)30)32-21-9-4-3-8-20(21)24(33)34/h3-15H,1-2H3/t15-/m0/s1. The molecule has 1 atom stereocenters. The van der Waals surface area contributed by atoms with Crippen LogP contribution >= 0.6 is 11.6 Å². The summed E-state index contributed by atoms with van der Waals surface area (Å²) in [6.45, 7) is 1.49. The van der Waals surface area contributed by atoms with Crippen molar-refractivity contribution in [2.45, 2.75) is 19.2 Å². The highest BCUT2D eigenvalue weighted by atomic mass is 35.5. The Morgan fingerprint density at radius 3 is 2.59 bits per heavy atom. The molecule has 7 nitrogen and oxygen atoms in total. The summed E-state index contributed by atoms with van der Waals surface area (Å²) >= 11 is 6.13. The number of aromatic nitrogens is 2. The molecule has 37 heavy (non-hydrogen) atoms. The second-order valence-corrected chi connectivity index (χ2v) is 8.29. The maximum absolute atomic E-state index is 13.4. The highest BCUT2D eigenvalue weighted by Gasteiger charge is 2.31. The average molecular weight is 530 g/mol. The van der Waals surface area contributed by atoms with E-state index in [1.54, 1.807) is 24.3 Å². The lowest BCUT2D eigenvalue weighted by molar-refractivity contribution is -0.148. The van der Waals surface area contributed by atoms with Gasteiger partial charge in [-0.05, 0) is 49.4 Å². The monoisotopic (exact) mass is 529 g/mol. The molecule has 0 bridgehead atoms. The highest BCUT2D eigenvalue weighted by Crippen LogP contribution is 2.32. The van der Waals surface area contributed by atoms with Crippen LogP contribution in [0.2, 0.25) is 5.02 Å². The van der Waals surface area contributed by atoms with E-state index in [4.69, 9.17) is 16.3 Å². The molecule has 11 heteroatoms. The first-order chi connectivity index (χ1) is 17.6. The number of benzene rings is 3. The molecule has 0 aliphatic carbocycles. The van der Waals surface area contributed by atoms with Gasteiger partial charge in [0.2, 0.25) is 0 Å². The Bertz CT molecular complexity index is 1570. The number of methoxy groups -OCH3 is 1. The largest absolute Gasteiger partial charge is 0.478 e. The smallest absolute Gasteiger partial charge is 0.416 e. The van der Waals surface area contributed by atoms with E-state index in [-0.39, 0.29) is 22.5 Å². The first-order valence-electron chi connectivity index (χ1n) is 10.9. The lowest BCUT2D eigenvalue weighted by Gasteiger charge is -2.15. The molecule has 1 heterocycles. The highest BCUT2D eigenvalue weighted by molar-refractivity contribution is 6.30. The van der Waals surface area contributed by atoms with Crippen LogP contribution in [0, 0.1) is 0 Å². The van der Waals surface area contributed by atoms with Crippen molar-refractivity contribution in [3.8, 4) is 17.1 Å². The van der Waals surface area contributed by atoms with E-state index in [0.717, 1.165) is 16.8 Å². The van der Waals surface area contributed by atoms with Crippen molar-refractivity contribution < 1.29 is 27.4 Å². The molecule has 4 rings (SSSR count). The van der Waals surface area contributed by atoms with Gasteiger partial charge in [0.15, 0.2) is 11.9 Å². The van der Waals surface area contributed by atoms with Crippen LogP contribution < -0.4 is 10.3 Å². The van der Waals surface area contributed by atoms with Crippen LogP contribution in [0.15, 0.2) is 76.6 Å². The number of rotatable bonds is 6. The lowest BCUT2D eigenvalue weighted by atomic mass is 10.1. The summed E-state index contributed by atoms with van der Waals surface area (Å²) in [5, 5.41) is 4.79. The van der Waals surface area contributed by atoms with E-state index in [2.05, 4.69) is 14.8 Å². The number of nitrogens with zero attached hydrogens (tertiary/aromatic N) is 3. The fourth-order valence-corrected chi connectivity index (χ4v) is 3.68. The summed E-state index contributed by atoms with van der Waals surface area (Å²) in [7, 11) is 1.22. The Morgan fingerprint density at radius 1 is 1.11 bits per heavy atom. The number of hydrogen-bond donors (Lipinski definition) is 0. The van der Waals surface area contributed by atoms with E-state index in [1.807, 2.05) is 0 Å². The van der Waals surface area contributed by atoms with E-state index in [1.165, 1.54) is 50.6 Å². The van der Waals surface area contributed by atoms with Crippen molar-refractivity contribution in [1.82, 2.24) is 9.66 Å². The minimum atomic E-state index is -4.59. The topological polar surface area (TPSA) is 82.8 Å². The molecular formula is C26H19ClF3N3O4. The fourth-order valence-electron chi connectivity index (χ4n) is 3.50. The molecule has 4 aromatic rings. The molecule has 3 aromatic carbocycles. The van der Waals surface area contributed by atoms with Gasteiger partial charge in [0.25, 0.3) is 5.56 Å². The number of alkyl halides is 3. The van der Waals surface area contributed by atoms with E-state index in [0.29, 0.717) is 16.1 Å². The van der Waals surface area contributed by atoms with Gasteiger partial charge >= 0.3 is 12.1 Å². The molecule has 0 spiro atoms. The lowest BCUT2D eigenvalue weighted by Crippen LogP contribution is -2.25. The van der Waals surface area contributed by atoms with Crippen LogP contribution in [0.25, 0.3) is 22.3 Å². The predicted octanol–water partition coefficient (Wildman–Crippen LogP) is 5.56. The van der Waals surface area contributed by atoms with Crippen molar-refractivity contribution in [3.63, 3.8) is 0 Å². The number of esters is 1. The Labute approximate surface area is 213 Å². The Morgan fingerprint density at radius 2 is 1.86 bits per heavy atom. The van der Waals surface area contributed by atoms with Crippen molar-refractivity contribution in [2.24, 2.45) is 5.10 Å². The number of para-hydroxylation sites is 1. The van der Waals surface area contributed by atoms with Gasteiger partial charge < -0.3 is 9.47 Å². The zero-order chi connectivity index (χ0) is 26.7. The van der Waals surface area contributed by atoms with Gasteiger partial charge in [-0.1, -0.05) is 35.9 Å².